The first-order chi connectivity index (χ1) is 11.5. The maximum atomic E-state index is 11.9. The summed E-state index contributed by atoms with van der Waals surface area (Å²) < 4.78 is 4.93. The Labute approximate surface area is 146 Å². The second-order valence-electron chi connectivity index (χ2n) is 5.47. The second kappa shape index (κ2) is 8.61. The smallest absolute Gasteiger partial charge is 0.271 e. The molecule has 0 fully saturated rings. The van der Waals surface area contributed by atoms with Gasteiger partial charge < -0.3 is 15.4 Å². The molecule has 0 radical (unpaired) electrons. The number of methoxy groups -OCH3 is 1. The predicted molar refractivity (Wildman–Crippen MR) is 95.1 cm³/mol. The van der Waals surface area contributed by atoms with E-state index in [-0.39, 0.29) is 11.6 Å². The van der Waals surface area contributed by atoms with Crippen LogP contribution in [0.25, 0.3) is 0 Å². The standard InChI is InChI=1S/C17H21ClN4O2/c1-11-9-12(2)16(13(18)10-11)20-15-6-5-14(21-22-15)17(23)19-7-4-8-24-3/h5-6,9-10H,4,7-8H2,1-3H3,(H,19,23)(H,20,22). The summed E-state index contributed by atoms with van der Waals surface area (Å²) in [4.78, 5) is 11.9. The molecular weight excluding hydrogens is 328 g/mol. The van der Waals surface area contributed by atoms with E-state index >= 15 is 0 Å². The largest absolute Gasteiger partial charge is 0.385 e. The molecule has 0 bridgehead atoms. The van der Waals surface area contributed by atoms with Gasteiger partial charge in [-0.25, -0.2) is 0 Å². The number of benzene rings is 1. The van der Waals surface area contributed by atoms with Crippen molar-refractivity contribution < 1.29 is 9.53 Å². The highest BCUT2D eigenvalue weighted by atomic mass is 35.5. The number of anilines is 2. The van der Waals surface area contributed by atoms with Crippen LogP contribution in [-0.2, 0) is 4.74 Å². The molecular formula is C17H21ClN4O2. The SMILES string of the molecule is COCCCNC(=O)c1ccc(Nc2c(C)cc(C)cc2Cl)nn1. The fourth-order valence-electron chi connectivity index (χ4n) is 2.23. The van der Waals surface area contributed by atoms with Crippen molar-refractivity contribution in [2.45, 2.75) is 20.3 Å². The summed E-state index contributed by atoms with van der Waals surface area (Å²) in [5.74, 6) is 0.273. The molecule has 1 aromatic heterocycles. The summed E-state index contributed by atoms with van der Waals surface area (Å²) in [6.45, 7) is 5.09. The number of halogens is 1. The second-order valence-corrected chi connectivity index (χ2v) is 5.88. The molecule has 0 atom stereocenters. The number of hydrogen-bond donors (Lipinski definition) is 2. The maximum Gasteiger partial charge on any atom is 0.271 e. The number of aryl methyl sites for hydroxylation is 2. The summed E-state index contributed by atoms with van der Waals surface area (Å²) in [7, 11) is 1.63. The molecule has 1 aromatic carbocycles. The molecule has 0 aliphatic heterocycles. The minimum atomic E-state index is -0.255. The topological polar surface area (TPSA) is 76.1 Å². The number of nitrogens with one attached hydrogen (secondary N) is 2. The van der Waals surface area contributed by atoms with E-state index in [9.17, 15) is 4.79 Å². The third-order valence-electron chi connectivity index (χ3n) is 3.39. The zero-order valence-electron chi connectivity index (χ0n) is 14.0. The molecule has 0 saturated heterocycles. The quantitative estimate of drug-likeness (QED) is 0.751. The maximum absolute atomic E-state index is 11.9. The molecule has 2 rings (SSSR count). The molecule has 1 heterocycles. The van der Waals surface area contributed by atoms with Crippen molar-refractivity contribution in [3.05, 3.63) is 46.1 Å². The molecule has 7 heteroatoms. The number of ether oxygens (including phenoxy) is 1. The van der Waals surface area contributed by atoms with Crippen LogP contribution in [0.15, 0.2) is 24.3 Å². The van der Waals surface area contributed by atoms with Crippen molar-refractivity contribution >= 4 is 29.0 Å². The fraction of sp³-hybridized carbons (Fsp3) is 0.353. The Morgan fingerprint density at radius 3 is 2.67 bits per heavy atom. The first kappa shape index (κ1) is 18.2. The van der Waals surface area contributed by atoms with Crippen LogP contribution in [0, 0.1) is 13.8 Å². The summed E-state index contributed by atoms with van der Waals surface area (Å²) in [5, 5.41) is 14.5. The van der Waals surface area contributed by atoms with Gasteiger partial charge in [-0.15, -0.1) is 10.2 Å². The van der Waals surface area contributed by atoms with E-state index in [0.717, 1.165) is 23.2 Å². The van der Waals surface area contributed by atoms with Gasteiger partial charge in [0.25, 0.3) is 5.91 Å². The summed E-state index contributed by atoms with van der Waals surface area (Å²) in [6, 6.07) is 7.24. The average molecular weight is 349 g/mol. The van der Waals surface area contributed by atoms with E-state index in [2.05, 4.69) is 20.8 Å². The molecule has 2 aromatic rings. The fourth-order valence-corrected chi connectivity index (χ4v) is 2.60. The van der Waals surface area contributed by atoms with Crippen molar-refractivity contribution in [2.24, 2.45) is 0 Å². The van der Waals surface area contributed by atoms with Gasteiger partial charge in [-0.05, 0) is 49.6 Å². The lowest BCUT2D eigenvalue weighted by atomic mass is 10.1. The van der Waals surface area contributed by atoms with E-state index in [1.165, 1.54) is 0 Å². The number of nitrogens with zero attached hydrogens (tertiary/aromatic N) is 2. The molecule has 0 unspecified atom stereocenters. The van der Waals surface area contributed by atoms with Gasteiger partial charge in [-0.1, -0.05) is 17.7 Å². The lowest BCUT2D eigenvalue weighted by molar-refractivity contribution is 0.0942. The zero-order chi connectivity index (χ0) is 17.5. The molecule has 128 valence electrons. The van der Waals surface area contributed by atoms with Crippen molar-refractivity contribution in [2.75, 3.05) is 25.6 Å². The van der Waals surface area contributed by atoms with Crippen LogP contribution in [0.1, 0.15) is 28.0 Å². The third kappa shape index (κ3) is 4.91. The van der Waals surface area contributed by atoms with Crippen molar-refractivity contribution in [3.8, 4) is 0 Å². The number of aromatic nitrogens is 2. The summed E-state index contributed by atoms with van der Waals surface area (Å²) in [5.41, 5.74) is 3.16. The lowest BCUT2D eigenvalue weighted by Crippen LogP contribution is -2.26. The Bertz CT molecular complexity index is 681. The van der Waals surface area contributed by atoms with Crippen LogP contribution < -0.4 is 10.6 Å². The van der Waals surface area contributed by atoms with Gasteiger partial charge in [0, 0.05) is 20.3 Å². The highest BCUT2D eigenvalue weighted by molar-refractivity contribution is 6.33. The van der Waals surface area contributed by atoms with Crippen molar-refractivity contribution in [3.63, 3.8) is 0 Å². The first-order valence-corrected chi connectivity index (χ1v) is 8.03. The molecule has 0 saturated carbocycles. The highest BCUT2D eigenvalue weighted by Crippen LogP contribution is 2.29. The monoisotopic (exact) mass is 348 g/mol. The van der Waals surface area contributed by atoms with Gasteiger partial charge >= 0.3 is 0 Å². The zero-order valence-corrected chi connectivity index (χ0v) is 14.8. The number of carbonyl (C=O) groups excluding carboxylic acids is 1. The Balaban J connectivity index is 2.01. The molecule has 0 spiro atoms. The van der Waals surface area contributed by atoms with Gasteiger partial charge in [-0.2, -0.15) is 0 Å². The predicted octanol–water partition coefficient (Wildman–Crippen LogP) is 3.26. The van der Waals surface area contributed by atoms with Crippen LogP contribution in [0.3, 0.4) is 0 Å². The van der Waals surface area contributed by atoms with Crippen molar-refractivity contribution in [1.29, 1.82) is 0 Å². The van der Waals surface area contributed by atoms with Crippen LogP contribution >= 0.6 is 11.6 Å². The van der Waals surface area contributed by atoms with Gasteiger partial charge in [0.15, 0.2) is 11.5 Å². The van der Waals surface area contributed by atoms with Gasteiger partial charge in [-0.3, -0.25) is 4.79 Å². The third-order valence-corrected chi connectivity index (χ3v) is 3.69. The van der Waals surface area contributed by atoms with E-state index in [1.54, 1.807) is 19.2 Å². The highest BCUT2D eigenvalue weighted by Gasteiger charge is 2.10. The minimum absolute atomic E-state index is 0.255. The Morgan fingerprint density at radius 1 is 1.25 bits per heavy atom. The van der Waals surface area contributed by atoms with Gasteiger partial charge in [0.05, 0.1) is 10.7 Å². The lowest BCUT2D eigenvalue weighted by Gasteiger charge is -2.11. The van der Waals surface area contributed by atoms with Gasteiger partial charge in [0.1, 0.15) is 0 Å². The van der Waals surface area contributed by atoms with Crippen LogP contribution in [0.2, 0.25) is 5.02 Å². The number of amides is 1. The summed E-state index contributed by atoms with van der Waals surface area (Å²) in [6.07, 6.45) is 0.751. The molecule has 24 heavy (non-hydrogen) atoms. The van der Waals surface area contributed by atoms with Crippen molar-refractivity contribution in [1.82, 2.24) is 15.5 Å². The number of hydrogen-bond acceptors (Lipinski definition) is 5. The Kier molecular flexibility index (Phi) is 6.52. The minimum Gasteiger partial charge on any atom is -0.385 e. The Hall–Kier alpha value is -2.18. The van der Waals surface area contributed by atoms with E-state index in [1.807, 2.05) is 26.0 Å². The van der Waals surface area contributed by atoms with Gasteiger partial charge in [0.2, 0.25) is 0 Å². The normalized spacial score (nSPS) is 10.5. The molecule has 6 nitrogen and oxygen atoms in total. The van der Waals surface area contributed by atoms with Crippen LogP contribution in [0.5, 0.6) is 0 Å². The van der Waals surface area contributed by atoms with Crippen LogP contribution in [0.4, 0.5) is 11.5 Å². The van der Waals surface area contributed by atoms with E-state index in [4.69, 9.17) is 16.3 Å². The molecule has 1 amide bonds. The summed E-state index contributed by atoms with van der Waals surface area (Å²) >= 11 is 6.26. The molecule has 2 N–H and O–H groups in total. The molecule has 0 aliphatic rings. The Morgan fingerprint density at radius 2 is 2.04 bits per heavy atom. The van der Waals surface area contributed by atoms with Crippen LogP contribution in [-0.4, -0.2) is 36.4 Å². The number of carbonyl (C=O) groups is 1. The molecule has 0 aliphatic carbocycles. The van der Waals surface area contributed by atoms with E-state index < -0.39 is 0 Å². The number of rotatable bonds is 7. The van der Waals surface area contributed by atoms with E-state index in [0.29, 0.717) is 24.0 Å². The first-order valence-electron chi connectivity index (χ1n) is 7.66. The average Bonchev–Trinajstić information content (AvgIpc) is 2.55.